The molecule has 2 rings (SSSR count). The van der Waals surface area contributed by atoms with Gasteiger partial charge in [-0.15, -0.1) is 10.2 Å². The molecule has 0 aliphatic rings. The molecule has 2 N–H and O–H groups in total. The first-order chi connectivity index (χ1) is 7.40. The van der Waals surface area contributed by atoms with E-state index in [1.807, 2.05) is 12.1 Å². The van der Waals surface area contributed by atoms with E-state index in [2.05, 4.69) is 15.2 Å². The van der Waals surface area contributed by atoms with E-state index in [0.29, 0.717) is 18.3 Å². The molecule has 0 atom stereocenters. The molecule has 0 spiro atoms. The third-order valence-electron chi connectivity index (χ3n) is 1.97. The van der Waals surface area contributed by atoms with Crippen molar-refractivity contribution in [3.8, 4) is 11.5 Å². The zero-order valence-electron chi connectivity index (χ0n) is 8.26. The van der Waals surface area contributed by atoms with Gasteiger partial charge in [-0.3, -0.25) is 4.98 Å². The van der Waals surface area contributed by atoms with E-state index in [4.69, 9.17) is 10.2 Å². The Morgan fingerprint density at radius 1 is 1.33 bits per heavy atom. The zero-order valence-corrected chi connectivity index (χ0v) is 8.26. The highest BCUT2D eigenvalue weighted by molar-refractivity contribution is 5.49. The van der Waals surface area contributed by atoms with Gasteiger partial charge >= 0.3 is 0 Å². The minimum absolute atomic E-state index is 0.509. The van der Waals surface area contributed by atoms with Gasteiger partial charge in [0.2, 0.25) is 11.8 Å². The van der Waals surface area contributed by atoms with Gasteiger partial charge in [0.05, 0.1) is 5.56 Å². The number of aromatic nitrogens is 3. The molecule has 2 aromatic heterocycles. The second-order valence-electron chi connectivity index (χ2n) is 3.13. The first-order valence-corrected chi connectivity index (χ1v) is 4.83. The average Bonchev–Trinajstić information content (AvgIpc) is 2.76. The summed E-state index contributed by atoms with van der Waals surface area (Å²) >= 11 is 0. The maximum atomic E-state index is 5.45. The summed E-state index contributed by atoms with van der Waals surface area (Å²) in [5.74, 6) is 1.13. The summed E-state index contributed by atoms with van der Waals surface area (Å²) in [6.45, 7) is 0.630. The van der Waals surface area contributed by atoms with E-state index in [1.165, 1.54) is 0 Å². The van der Waals surface area contributed by atoms with E-state index in [9.17, 15) is 0 Å². The van der Waals surface area contributed by atoms with Crippen LogP contribution in [-0.2, 0) is 6.42 Å². The van der Waals surface area contributed by atoms with Crippen molar-refractivity contribution in [2.24, 2.45) is 5.73 Å². The van der Waals surface area contributed by atoms with Crippen molar-refractivity contribution in [2.45, 2.75) is 12.8 Å². The summed E-state index contributed by atoms with van der Waals surface area (Å²) in [4.78, 5) is 3.98. The van der Waals surface area contributed by atoms with Crippen LogP contribution in [0, 0.1) is 0 Å². The van der Waals surface area contributed by atoms with Crippen LogP contribution in [0.4, 0.5) is 0 Å². The Morgan fingerprint density at radius 3 is 3.00 bits per heavy atom. The summed E-state index contributed by atoms with van der Waals surface area (Å²) in [6.07, 6.45) is 4.98. The molecule has 0 bridgehead atoms. The van der Waals surface area contributed by atoms with Crippen LogP contribution in [0.3, 0.4) is 0 Å². The van der Waals surface area contributed by atoms with E-state index >= 15 is 0 Å². The topological polar surface area (TPSA) is 77.8 Å². The molecule has 5 heteroatoms. The van der Waals surface area contributed by atoms with Crippen molar-refractivity contribution >= 4 is 0 Å². The number of pyridine rings is 1. The molecule has 78 valence electrons. The number of nitrogens with two attached hydrogens (primary N) is 1. The van der Waals surface area contributed by atoms with Crippen molar-refractivity contribution in [2.75, 3.05) is 6.54 Å². The highest BCUT2D eigenvalue weighted by Gasteiger charge is 2.07. The lowest BCUT2D eigenvalue weighted by atomic mass is 10.3. The summed E-state index contributed by atoms with van der Waals surface area (Å²) in [6, 6.07) is 3.71. The van der Waals surface area contributed by atoms with Gasteiger partial charge in [-0.25, -0.2) is 0 Å². The number of rotatable bonds is 4. The molecular weight excluding hydrogens is 192 g/mol. The second-order valence-corrected chi connectivity index (χ2v) is 3.13. The Morgan fingerprint density at radius 2 is 2.27 bits per heavy atom. The lowest BCUT2D eigenvalue weighted by molar-refractivity contribution is 0.499. The summed E-state index contributed by atoms with van der Waals surface area (Å²) in [5.41, 5.74) is 6.23. The first kappa shape index (κ1) is 9.79. The summed E-state index contributed by atoms with van der Waals surface area (Å²) in [5, 5.41) is 7.87. The number of hydrogen-bond acceptors (Lipinski definition) is 5. The van der Waals surface area contributed by atoms with Crippen molar-refractivity contribution in [3.63, 3.8) is 0 Å². The minimum Gasteiger partial charge on any atom is -0.421 e. The van der Waals surface area contributed by atoms with Crippen molar-refractivity contribution in [1.29, 1.82) is 0 Å². The lowest BCUT2D eigenvalue weighted by Gasteiger charge is -1.92. The van der Waals surface area contributed by atoms with Crippen LogP contribution in [0.15, 0.2) is 28.9 Å². The van der Waals surface area contributed by atoms with E-state index in [1.54, 1.807) is 12.4 Å². The largest absolute Gasteiger partial charge is 0.421 e. The predicted octanol–water partition coefficient (Wildman–Crippen LogP) is 1.02. The van der Waals surface area contributed by atoms with Gasteiger partial charge in [-0.05, 0) is 25.1 Å². The van der Waals surface area contributed by atoms with Crippen molar-refractivity contribution in [3.05, 3.63) is 30.4 Å². The fourth-order valence-corrected chi connectivity index (χ4v) is 1.21. The average molecular weight is 204 g/mol. The van der Waals surface area contributed by atoms with Crippen LogP contribution >= 0.6 is 0 Å². The molecule has 0 aliphatic heterocycles. The number of nitrogens with zero attached hydrogens (tertiary/aromatic N) is 3. The van der Waals surface area contributed by atoms with Crippen LogP contribution < -0.4 is 5.73 Å². The van der Waals surface area contributed by atoms with E-state index in [-0.39, 0.29) is 0 Å². The van der Waals surface area contributed by atoms with Crippen LogP contribution in [-0.4, -0.2) is 21.7 Å². The Labute approximate surface area is 87.3 Å². The van der Waals surface area contributed by atoms with Crippen LogP contribution in [0.1, 0.15) is 12.3 Å². The van der Waals surface area contributed by atoms with Gasteiger partial charge in [0.15, 0.2) is 0 Å². The molecule has 2 heterocycles. The standard InChI is InChI=1S/C10H12N4O/c11-5-1-4-9-13-14-10(15-9)8-3-2-6-12-7-8/h2-3,6-7H,1,4-5,11H2. The van der Waals surface area contributed by atoms with Crippen LogP contribution in [0.5, 0.6) is 0 Å². The van der Waals surface area contributed by atoms with Crippen molar-refractivity contribution in [1.82, 2.24) is 15.2 Å². The maximum absolute atomic E-state index is 5.45. The van der Waals surface area contributed by atoms with Crippen LogP contribution in [0.25, 0.3) is 11.5 Å². The maximum Gasteiger partial charge on any atom is 0.249 e. The Balaban J connectivity index is 2.14. The second kappa shape index (κ2) is 4.65. The molecule has 0 saturated carbocycles. The molecule has 5 nitrogen and oxygen atoms in total. The smallest absolute Gasteiger partial charge is 0.249 e. The fraction of sp³-hybridized carbons (Fsp3) is 0.300. The van der Waals surface area contributed by atoms with Gasteiger partial charge in [0.1, 0.15) is 0 Å². The molecular formula is C10H12N4O. The molecule has 0 saturated heterocycles. The van der Waals surface area contributed by atoms with Gasteiger partial charge in [0, 0.05) is 18.8 Å². The zero-order chi connectivity index (χ0) is 10.5. The molecule has 0 aliphatic carbocycles. The van der Waals surface area contributed by atoms with Gasteiger partial charge in [-0.2, -0.15) is 0 Å². The Kier molecular flexibility index (Phi) is 3.04. The normalized spacial score (nSPS) is 10.5. The monoisotopic (exact) mass is 204 g/mol. The Bertz CT molecular complexity index is 412. The first-order valence-electron chi connectivity index (χ1n) is 4.83. The van der Waals surface area contributed by atoms with Crippen LogP contribution in [0.2, 0.25) is 0 Å². The predicted molar refractivity (Wildman–Crippen MR) is 54.9 cm³/mol. The summed E-state index contributed by atoms with van der Waals surface area (Å²) < 4.78 is 5.45. The van der Waals surface area contributed by atoms with E-state index in [0.717, 1.165) is 18.4 Å². The molecule has 0 amide bonds. The Hall–Kier alpha value is -1.75. The third kappa shape index (κ3) is 2.38. The molecule has 0 radical (unpaired) electrons. The molecule has 0 unspecified atom stereocenters. The fourth-order valence-electron chi connectivity index (χ4n) is 1.21. The summed E-state index contributed by atoms with van der Waals surface area (Å²) in [7, 11) is 0. The quantitative estimate of drug-likeness (QED) is 0.804. The molecule has 0 aromatic carbocycles. The SMILES string of the molecule is NCCCc1nnc(-c2cccnc2)o1. The highest BCUT2D eigenvalue weighted by Crippen LogP contribution is 2.16. The molecule has 2 aromatic rings. The van der Waals surface area contributed by atoms with E-state index < -0.39 is 0 Å². The van der Waals surface area contributed by atoms with Gasteiger partial charge in [-0.1, -0.05) is 0 Å². The lowest BCUT2D eigenvalue weighted by Crippen LogP contribution is -2.00. The highest BCUT2D eigenvalue weighted by atomic mass is 16.4. The van der Waals surface area contributed by atoms with Crippen molar-refractivity contribution < 1.29 is 4.42 Å². The third-order valence-corrected chi connectivity index (χ3v) is 1.97. The van der Waals surface area contributed by atoms with Gasteiger partial charge < -0.3 is 10.2 Å². The number of hydrogen-bond donors (Lipinski definition) is 1. The van der Waals surface area contributed by atoms with Gasteiger partial charge in [0.25, 0.3) is 0 Å². The minimum atomic E-state index is 0.509. The molecule has 15 heavy (non-hydrogen) atoms. The number of aryl methyl sites for hydroxylation is 1. The molecule has 0 fully saturated rings.